The van der Waals surface area contributed by atoms with Crippen molar-refractivity contribution in [3.05, 3.63) is 132 Å². The SMILES string of the molecule is O=C(Nc1ccccc1C=Cc1nn(C(=O)c2ccccc2)c2ccccc12)c1ccccc1. The molecular weight excluding hydrogens is 422 g/mol. The lowest BCUT2D eigenvalue weighted by atomic mass is 10.1. The highest BCUT2D eigenvalue weighted by Crippen LogP contribution is 2.24. The molecule has 0 aliphatic carbocycles. The summed E-state index contributed by atoms with van der Waals surface area (Å²) in [7, 11) is 0. The van der Waals surface area contributed by atoms with Crippen LogP contribution in [-0.4, -0.2) is 21.6 Å². The third kappa shape index (κ3) is 4.27. The molecule has 0 aliphatic heterocycles. The van der Waals surface area contributed by atoms with Crippen molar-refractivity contribution in [2.24, 2.45) is 0 Å². The summed E-state index contributed by atoms with van der Waals surface area (Å²) >= 11 is 0. The lowest BCUT2D eigenvalue weighted by Crippen LogP contribution is -2.13. The van der Waals surface area contributed by atoms with E-state index in [9.17, 15) is 9.59 Å². The molecule has 34 heavy (non-hydrogen) atoms. The smallest absolute Gasteiger partial charge is 0.278 e. The Labute approximate surface area is 197 Å². The number of rotatable bonds is 5. The van der Waals surface area contributed by atoms with Crippen LogP contribution in [0.25, 0.3) is 23.1 Å². The zero-order chi connectivity index (χ0) is 23.3. The summed E-state index contributed by atoms with van der Waals surface area (Å²) in [4.78, 5) is 25.7. The number of fused-ring (bicyclic) bond motifs is 1. The second-order valence-corrected chi connectivity index (χ2v) is 7.73. The number of hydrogen-bond donors (Lipinski definition) is 1. The van der Waals surface area contributed by atoms with Crippen LogP contribution < -0.4 is 5.32 Å². The molecule has 0 spiro atoms. The Morgan fingerprint density at radius 3 is 2.06 bits per heavy atom. The van der Waals surface area contributed by atoms with Crippen LogP contribution in [0.3, 0.4) is 0 Å². The Morgan fingerprint density at radius 2 is 1.29 bits per heavy atom. The summed E-state index contributed by atoms with van der Waals surface area (Å²) in [5.41, 5.74) is 4.09. The number of nitrogens with zero attached hydrogens (tertiary/aromatic N) is 2. The third-order valence-corrected chi connectivity index (χ3v) is 5.49. The van der Waals surface area contributed by atoms with Crippen molar-refractivity contribution in [1.29, 1.82) is 0 Å². The molecule has 1 heterocycles. The molecule has 5 rings (SSSR count). The first-order valence-corrected chi connectivity index (χ1v) is 10.9. The molecule has 0 atom stereocenters. The molecule has 5 heteroatoms. The van der Waals surface area contributed by atoms with Gasteiger partial charge < -0.3 is 5.32 Å². The van der Waals surface area contributed by atoms with Gasteiger partial charge >= 0.3 is 0 Å². The number of carbonyl (C=O) groups excluding carboxylic acids is 2. The fourth-order valence-corrected chi connectivity index (χ4v) is 3.78. The van der Waals surface area contributed by atoms with E-state index in [0.29, 0.717) is 22.5 Å². The second-order valence-electron chi connectivity index (χ2n) is 7.73. The van der Waals surface area contributed by atoms with Gasteiger partial charge in [0, 0.05) is 22.2 Å². The summed E-state index contributed by atoms with van der Waals surface area (Å²) in [5.74, 6) is -0.364. The van der Waals surface area contributed by atoms with Gasteiger partial charge in [0.05, 0.1) is 11.2 Å². The number of carbonyl (C=O) groups is 2. The standard InChI is InChI=1S/C29H21N3O2/c33-28(22-12-3-1-4-13-22)30-25-17-9-7-11-21(25)19-20-26-24-16-8-10-18-27(24)32(31-26)29(34)23-14-5-2-6-15-23/h1-20H,(H,30,33). The van der Waals surface area contributed by atoms with Gasteiger partial charge in [0.2, 0.25) is 0 Å². The van der Waals surface area contributed by atoms with Crippen LogP contribution in [0.15, 0.2) is 109 Å². The lowest BCUT2D eigenvalue weighted by molar-refractivity contribution is 0.0949. The van der Waals surface area contributed by atoms with E-state index in [0.717, 1.165) is 16.5 Å². The number of nitrogens with one attached hydrogen (secondary N) is 1. The maximum atomic E-state index is 13.1. The summed E-state index contributed by atoms with van der Waals surface area (Å²) < 4.78 is 1.44. The minimum Gasteiger partial charge on any atom is -0.321 e. The maximum absolute atomic E-state index is 13.1. The van der Waals surface area contributed by atoms with Crippen LogP contribution in [0, 0.1) is 0 Å². The molecule has 1 amide bonds. The van der Waals surface area contributed by atoms with E-state index < -0.39 is 0 Å². The van der Waals surface area contributed by atoms with E-state index >= 15 is 0 Å². The maximum Gasteiger partial charge on any atom is 0.278 e. The van der Waals surface area contributed by atoms with Gasteiger partial charge in [0.25, 0.3) is 11.8 Å². The van der Waals surface area contributed by atoms with Crippen molar-refractivity contribution < 1.29 is 9.59 Å². The molecule has 0 saturated carbocycles. The lowest BCUT2D eigenvalue weighted by Gasteiger charge is -2.08. The number of benzene rings is 4. The summed E-state index contributed by atoms with van der Waals surface area (Å²) in [6.07, 6.45) is 3.76. The Morgan fingerprint density at radius 1 is 0.676 bits per heavy atom. The van der Waals surface area contributed by atoms with Gasteiger partial charge in [-0.25, -0.2) is 0 Å². The van der Waals surface area contributed by atoms with E-state index in [4.69, 9.17) is 0 Å². The van der Waals surface area contributed by atoms with E-state index in [2.05, 4.69) is 10.4 Å². The van der Waals surface area contributed by atoms with Gasteiger partial charge in [-0.1, -0.05) is 78.9 Å². The predicted octanol–water partition coefficient (Wildman–Crippen LogP) is 6.15. The molecule has 0 fully saturated rings. The van der Waals surface area contributed by atoms with Crippen molar-refractivity contribution in [2.45, 2.75) is 0 Å². The third-order valence-electron chi connectivity index (χ3n) is 5.49. The fraction of sp³-hybridized carbons (Fsp3) is 0. The highest BCUT2D eigenvalue weighted by molar-refractivity contribution is 6.06. The molecule has 5 nitrogen and oxygen atoms in total. The van der Waals surface area contributed by atoms with E-state index in [1.54, 1.807) is 24.3 Å². The van der Waals surface area contributed by atoms with E-state index in [1.807, 2.05) is 97.1 Å². The fourth-order valence-electron chi connectivity index (χ4n) is 3.78. The first kappa shape index (κ1) is 21.1. The Balaban J connectivity index is 1.48. The highest BCUT2D eigenvalue weighted by atomic mass is 16.2. The normalized spacial score (nSPS) is 11.1. The minimum atomic E-state index is -0.188. The van der Waals surface area contributed by atoms with Crippen molar-refractivity contribution in [2.75, 3.05) is 5.32 Å². The summed E-state index contributed by atoms with van der Waals surface area (Å²) in [6, 6.07) is 33.4. The molecule has 1 N–H and O–H groups in total. The topological polar surface area (TPSA) is 64.0 Å². The van der Waals surface area contributed by atoms with Gasteiger partial charge in [-0.05, 0) is 48.0 Å². The van der Waals surface area contributed by atoms with Gasteiger partial charge in [-0.2, -0.15) is 9.78 Å². The van der Waals surface area contributed by atoms with Crippen LogP contribution in [-0.2, 0) is 0 Å². The number of anilines is 1. The van der Waals surface area contributed by atoms with Crippen LogP contribution in [0.4, 0.5) is 5.69 Å². The van der Waals surface area contributed by atoms with Crippen molar-refractivity contribution in [3.63, 3.8) is 0 Å². The number of para-hydroxylation sites is 2. The zero-order valence-corrected chi connectivity index (χ0v) is 18.3. The second kappa shape index (κ2) is 9.38. The van der Waals surface area contributed by atoms with Gasteiger partial charge in [0.15, 0.2) is 0 Å². The van der Waals surface area contributed by atoms with Crippen molar-refractivity contribution in [1.82, 2.24) is 9.78 Å². The van der Waals surface area contributed by atoms with Gasteiger partial charge in [-0.15, -0.1) is 0 Å². The number of aromatic nitrogens is 2. The van der Waals surface area contributed by atoms with Gasteiger partial charge in [-0.3, -0.25) is 9.59 Å². The highest BCUT2D eigenvalue weighted by Gasteiger charge is 2.15. The summed E-state index contributed by atoms with van der Waals surface area (Å²) in [5, 5.41) is 8.46. The number of amides is 1. The molecule has 0 saturated heterocycles. The molecule has 5 aromatic rings. The quantitative estimate of drug-likeness (QED) is 0.354. The van der Waals surface area contributed by atoms with E-state index in [1.165, 1.54) is 4.68 Å². The molecule has 0 unspecified atom stereocenters. The Bertz CT molecular complexity index is 1500. The minimum absolute atomic E-state index is 0.176. The van der Waals surface area contributed by atoms with E-state index in [-0.39, 0.29) is 11.8 Å². The average molecular weight is 444 g/mol. The van der Waals surface area contributed by atoms with Crippen LogP contribution in [0.2, 0.25) is 0 Å². The monoisotopic (exact) mass is 443 g/mol. The Kier molecular flexibility index (Phi) is 5.82. The molecule has 164 valence electrons. The Hall–Kier alpha value is -4.77. The predicted molar refractivity (Wildman–Crippen MR) is 136 cm³/mol. The van der Waals surface area contributed by atoms with Crippen molar-refractivity contribution >= 4 is 40.6 Å². The molecule has 1 aromatic heterocycles. The summed E-state index contributed by atoms with van der Waals surface area (Å²) in [6.45, 7) is 0. The largest absolute Gasteiger partial charge is 0.321 e. The molecule has 4 aromatic carbocycles. The van der Waals surface area contributed by atoms with Crippen LogP contribution >= 0.6 is 0 Å². The molecule has 0 bridgehead atoms. The first-order valence-electron chi connectivity index (χ1n) is 10.9. The molecule has 0 aliphatic rings. The number of hydrogen-bond acceptors (Lipinski definition) is 3. The van der Waals surface area contributed by atoms with Crippen molar-refractivity contribution in [3.8, 4) is 0 Å². The van der Waals surface area contributed by atoms with Gasteiger partial charge in [0.1, 0.15) is 0 Å². The average Bonchev–Trinajstić information content (AvgIpc) is 3.27. The molecule has 0 radical (unpaired) electrons. The van der Waals surface area contributed by atoms with Crippen LogP contribution in [0.5, 0.6) is 0 Å². The first-order chi connectivity index (χ1) is 16.7. The zero-order valence-electron chi connectivity index (χ0n) is 18.3. The molecular formula is C29H21N3O2. The van der Waals surface area contributed by atoms with Crippen LogP contribution in [0.1, 0.15) is 32.0 Å².